The van der Waals surface area contributed by atoms with Crippen molar-refractivity contribution < 1.29 is 25.3 Å². The van der Waals surface area contributed by atoms with Gasteiger partial charge in [-0.25, -0.2) is 29.6 Å². The first kappa shape index (κ1) is 21.4. The second-order valence-corrected chi connectivity index (χ2v) is 11.9. The molecule has 0 unspecified atom stereocenters. The third-order valence-corrected chi connectivity index (χ3v) is 8.74. The van der Waals surface area contributed by atoms with Gasteiger partial charge in [-0.2, -0.15) is 0 Å². The second kappa shape index (κ2) is 7.58. The quantitative estimate of drug-likeness (QED) is 0.709. The van der Waals surface area contributed by atoms with Crippen molar-refractivity contribution in [2.75, 3.05) is 24.6 Å². The van der Waals surface area contributed by atoms with E-state index >= 15 is 0 Å². The maximum Gasteiger partial charge on any atom is 0.261 e. The van der Waals surface area contributed by atoms with Crippen LogP contribution in [0.3, 0.4) is 0 Å². The average Bonchev–Trinajstić information content (AvgIpc) is 2.62. The van der Waals surface area contributed by atoms with Crippen LogP contribution < -0.4 is 4.72 Å². The SMILES string of the molecule is CCS(=O)(=O)c1ccc(NS(=O)(=O)c2ccc(S(=O)(=O)N(C)C)cc2)cc1. The first-order valence-electron chi connectivity index (χ1n) is 7.78. The molecular weight excluding hydrogens is 412 g/mol. The van der Waals surface area contributed by atoms with Crippen LogP contribution in [0.4, 0.5) is 5.69 Å². The van der Waals surface area contributed by atoms with Crippen molar-refractivity contribution in [3.63, 3.8) is 0 Å². The summed E-state index contributed by atoms with van der Waals surface area (Å²) >= 11 is 0. The third-order valence-electron chi connectivity index (χ3n) is 3.76. The van der Waals surface area contributed by atoms with Crippen LogP contribution in [-0.4, -0.2) is 49.4 Å². The summed E-state index contributed by atoms with van der Waals surface area (Å²) in [6.45, 7) is 1.52. The van der Waals surface area contributed by atoms with Gasteiger partial charge >= 0.3 is 0 Å². The summed E-state index contributed by atoms with van der Waals surface area (Å²) in [4.78, 5) is -0.0442. The maximum atomic E-state index is 12.4. The van der Waals surface area contributed by atoms with Gasteiger partial charge < -0.3 is 0 Å². The molecule has 2 rings (SSSR count). The van der Waals surface area contributed by atoms with Crippen molar-refractivity contribution in [2.45, 2.75) is 21.6 Å². The van der Waals surface area contributed by atoms with Gasteiger partial charge in [0.2, 0.25) is 10.0 Å². The van der Waals surface area contributed by atoms with Crippen molar-refractivity contribution in [1.29, 1.82) is 0 Å². The van der Waals surface area contributed by atoms with E-state index in [9.17, 15) is 25.3 Å². The number of hydrogen-bond acceptors (Lipinski definition) is 6. The smallest absolute Gasteiger partial charge is 0.261 e. The Labute approximate surface area is 159 Å². The number of benzene rings is 2. The summed E-state index contributed by atoms with van der Waals surface area (Å²) in [5.41, 5.74) is 0.190. The van der Waals surface area contributed by atoms with Crippen LogP contribution in [0.1, 0.15) is 6.92 Å². The molecule has 0 radical (unpaired) electrons. The zero-order valence-electron chi connectivity index (χ0n) is 14.9. The van der Waals surface area contributed by atoms with Crippen LogP contribution in [0.2, 0.25) is 0 Å². The number of anilines is 1. The highest BCUT2D eigenvalue weighted by Gasteiger charge is 2.20. The molecule has 0 heterocycles. The van der Waals surface area contributed by atoms with E-state index in [1.807, 2.05) is 0 Å². The number of nitrogens with zero attached hydrogens (tertiary/aromatic N) is 1. The van der Waals surface area contributed by atoms with E-state index in [4.69, 9.17) is 0 Å². The van der Waals surface area contributed by atoms with Crippen molar-refractivity contribution in [3.8, 4) is 0 Å². The molecule has 0 spiro atoms. The highest BCUT2D eigenvalue weighted by atomic mass is 32.2. The standard InChI is InChI=1S/C16H20N2O6S3/c1-4-25(19,20)14-7-5-13(6-8-14)17-26(21,22)15-9-11-16(12-10-15)27(23,24)18(2)3/h5-12,17H,4H2,1-3H3. The summed E-state index contributed by atoms with van der Waals surface area (Å²) in [6.07, 6.45) is 0. The van der Waals surface area contributed by atoms with Crippen molar-refractivity contribution >= 4 is 35.6 Å². The van der Waals surface area contributed by atoms with Gasteiger partial charge in [0.05, 0.1) is 20.4 Å². The summed E-state index contributed by atoms with van der Waals surface area (Å²) in [5, 5.41) is 0. The zero-order chi connectivity index (χ0) is 20.5. The highest BCUT2D eigenvalue weighted by Crippen LogP contribution is 2.21. The number of sulfone groups is 1. The van der Waals surface area contributed by atoms with E-state index < -0.39 is 29.9 Å². The predicted molar refractivity (Wildman–Crippen MR) is 102 cm³/mol. The Morgan fingerprint density at radius 1 is 0.741 bits per heavy atom. The molecular formula is C16H20N2O6S3. The number of nitrogens with one attached hydrogen (secondary N) is 1. The molecule has 0 aromatic heterocycles. The Morgan fingerprint density at radius 3 is 1.63 bits per heavy atom. The molecule has 0 amide bonds. The molecule has 0 aliphatic rings. The summed E-state index contributed by atoms with van der Waals surface area (Å²) in [6, 6.07) is 10.1. The first-order valence-corrected chi connectivity index (χ1v) is 12.4. The van der Waals surface area contributed by atoms with Crippen molar-refractivity contribution in [2.24, 2.45) is 0 Å². The van der Waals surface area contributed by atoms with E-state index in [0.717, 1.165) is 4.31 Å². The molecule has 0 bridgehead atoms. The van der Waals surface area contributed by atoms with Crippen LogP contribution in [0.25, 0.3) is 0 Å². The van der Waals surface area contributed by atoms with Gasteiger partial charge in [0, 0.05) is 19.8 Å². The average molecular weight is 433 g/mol. The normalized spacial score (nSPS) is 12.9. The van der Waals surface area contributed by atoms with Crippen molar-refractivity contribution in [1.82, 2.24) is 4.31 Å². The molecule has 0 atom stereocenters. The monoisotopic (exact) mass is 432 g/mol. The van der Waals surface area contributed by atoms with Gasteiger partial charge in [-0.05, 0) is 48.5 Å². The van der Waals surface area contributed by atoms with Crippen LogP contribution in [0.15, 0.2) is 63.2 Å². The fourth-order valence-corrected chi connectivity index (χ4v) is 4.96. The topological polar surface area (TPSA) is 118 Å². The lowest BCUT2D eigenvalue weighted by Gasteiger charge is -2.12. The zero-order valence-corrected chi connectivity index (χ0v) is 17.4. The molecule has 2 aromatic carbocycles. The predicted octanol–water partition coefficient (Wildman–Crippen LogP) is 1.53. The number of sulfonamides is 2. The van der Waals surface area contributed by atoms with Gasteiger partial charge in [-0.15, -0.1) is 0 Å². The lowest BCUT2D eigenvalue weighted by atomic mass is 10.3. The molecule has 11 heteroatoms. The van der Waals surface area contributed by atoms with Gasteiger partial charge in [-0.3, -0.25) is 4.72 Å². The third kappa shape index (κ3) is 4.67. The summed E-state index contributed by atoms with van der Waals surface area (Å²) < 4.78 is 75.9. The number of hydrogen-bond donors (Lipinski definition) is 1. The summed E-state index contributed by atoms with van der Waals surface area (Å²) in [7, 11) is -8.23. The number of rotatable bonds is 7. The Morgan fingerprint density at radius 2 is 1.19 bits per heavy atom. The van der Waals surface area contributed by atoms with E-state index in [1.165, 1.54) is 69.6 Å². The minimum atomic E-state index is -3.96. The molecule has 2 aromatic rings. The van der Waals surface area contributed by atoms with Crippen LogP contribution in [-0.2, 0) is 29.9 Å². The van der Waals surface area contributed by atoms with E-state index in [1.54, 1.807) is 0 Å². The van der Waals surface area contributed by atoms with Crippen LogP contribution in [0, 0.1) is 0 Å². The lowest BCUT2D eigenvalue weighted by molar-refractivity contribution is 0.520. The Hall–Kier alpha value is -1.95. The molecule has 0 aliphatic heterocycles. The first-order chi connectivity index (χ1) is 12.4. The van der Waals surface area contributed by atoms with E-state index in [0.29, 0.717) is 0 Å². The molecule has 0 saturated carbocycles. The Balaban J connectivity index is 2.27. The molecule has 0 aliphatic carbocycles. The van der Waals surface area contributed by atoms with Crippen LogP contribution in [0.5, 0.6) is 0 Å². The molecule has 148 valence electrons. The van der Waals surface area contributed by atoms with E-state index in [-0.39, 0.29) is 26.1 Å². The van der Waals surface area contributed by atoms with Crippen LogP contribution >= 0.6 is 0 Å². The lowest BCUT2D eigenvalue weighted by Crippen LogP contribution is -2.22. The fraction of sp³-hybridized carbons (Fsp3) is 0.250. The maximum absolute atomic E-state index is 12.4. The van der Waals surface area contributed by atoms with Crippen molar-refractivity contribution in [3.05, 3.63) is 48.5 Å². The molecule has 27 heavy (non-hydrogen) atoms. The van der Waals surface area contributed by atoms with Gasteiger partial charge in [0.25, 0.3) is 10.0 Å². The van der Waals surface area contributed by atoms with E-state index in [2.05, 4.69) is 4.72 Å². The largest absolute Gasteiger partial charge is 0.280 e. The Bertz CT molecular complexity index is 1120. The fourth-order valence-electron chi connectivity index (χ4n) is 2.11. The minimum absolute atomic E-state index is 0.0272. The summed E-state index contributed by atoms with van der Waals surface area (Å²) in [5.74, 6) is -0.0553. The second-order valence-electron chi connectivity index (χ2n) is 5.79. The molecule has 1 N–H and O–H groups in total. The Kier molecular flexibility index (Phi) is 6.00. The van der Waals surface area contributed by atoms with Gasteiger partial charge in [-0.1, -0.05) is 6.92 Å². The van der Waals surface area contributed by atoms with Gasteiger partial charge in [0.15, 0.2) is 9.84 Å². The molecule has 0 fully saturated rings. The van der Waals surface area contributed by atoms with Gasteiger partial charge in [0.1, 0.15) is 0 Å². The molecule has 8 nitrogen and oxygen atoms in total. The minimum Gasteiger partial charge on any atom is -0.280 e. The highest BCUT2D eigenvalue weighted by molar-refractivity contribution is 7.92. The molecule has 0 saturated heterocycles.